The molecule has 2 heterocycles. The number of carbonyl (C=O) groups excluding carboxylic acids is 1. The second kappa shape index (κ2) is 8.40. The summed E-state index contributed by atoms with van der Waals surface area (Å²) in [6.07, 6.45) is 2.41. The van der Waals surface area contributed by atoms with E-state index in [1.54, 1.807) is 11.9 Å². The minimum atomic E-state index is -4.47. The van der Waals surface area contributed by atoms with Gasteiger partial charge >= 0.3 is 6.18 Å². The van der Waals surface area contributed by atoms with Crippen LogP contribution < -0.4 is 0 Å². The first-order chi connectivity index (χ1) is 14.7. The Morgan fingerprint density at radius 2 is 2.00 bits per heavy atom. The average Bonchev–Trinajstić information content (AvgIpc) is 3.41. The van der Waals surface area contributed by atoms with Gasteiger partial charge in [0, 0.05) is 60.6 Å². The molecule has 1 aliphatic carbocycles. The Morgan fingerprint density at radius 1 is 1.19 bits per heavy atom. The molecule has 0 radical (unpaired) electrons. The van der Waals surface area contributed by atoms with Crippen LogP contribution in [0.25, 0.3) is 0 Å². The lowest BCUT2D eigenvalue weighted by molar-refractivity contribution is -0.137. The van der Waals surface area contributed by atoms with Crippen LogP contribution in [0, 0.1) is 5.92 Å². The number of amides is 1. The maximum absolute atomic E-state index is 13.0. The summed E-state index contributed by atoms with van der Waals surface area (Å²) >= 11 is 0. The van der Waals surface area contributed by atoms with Gasteiger partial charge in [-0.3, -0.25) is 9.79 Å². The van der Waals surface area contributed by atoms with Gasteiger partial charge in [-0.2, -0.15) is 23.4 Å². The molecule has 164 valence electrons. The highest BCUT2D eigenvalue weighted by Gasteiger charge is 2.34. The number of allylic oxidation sites excluding steroid dienone is 2. The highest BCUT2D eigenvalue weighted by molar-refractivity contribution is 6.17. The zero-order chi connectivity index (χ0) is 22.2. The molecule has 0 aromatic heterocycles. The summed E-state index contributed by atoms with van der Waals surface area (Å²) in [7, 11) is 1.68. The van der Waals surface area contributed by atoms with Crippen molar-refractivity contribution in [3.05, 3.63) is 46.7 Å². The van der Waals surface area contributed by atoms with Crippen LogP contribution in [0.4, 0.5) is 13.2 Å². The predicted octanol–water partition coefficient (Wildman–Crippen LogP) is 5.29. The van der Waals surface area contributed by atoms with Gasteiger partial charge in [-0.25, -0.2) is 0 Å². The zero-order valence-corrected chi connectivity index (χ0v) is 17.6. The smallest absolute Gasteiger partial charge is 0.339 e. The van der Waals surface area contributed by atoms with Crippen molar-refractivity contribution >= 4 is 23.5 Å². The summed E-state index contributed by atoms with van der Waals surface area (Å²) < 4.78 is 39.1. The molecule has 1 aromatic rings. The minimum Gasteiger partial charge on any atom is -0.339 e. The number of rotatable bonds is 4. The number of benzene rings is 1. The summed E-state index contributed by atoms with van der Waals surface area (Å²) in [6.45, 7) is 1.98. The second-order valence-electron chi connectivity index (χ2n) is 8.41. The molecule has 1 saturated carbocycles. The SMILES string of the molecule is CC1=C(C2=NN=C([C@H]3CCC[C@@H](N(C)C(=O)c4cccc(C(F)(F)F)c4)C3)C2)CC=N1. The lowest BCUT2D eigenvalue weighted by Gasteiger charge is -2.35. The molecule has 1 fully saturated rings. The lowest BCUT2D eigenvalue weighted by Crippen LogP contribution is -2.41. The quantitative estimate of drug-likeness (QED) is 0.641. The molecule has 0 saturated heterocycles. The minimum absolute atomic E-state index is 0.0386. The van der Waals surface area contributed by atoms with Crippen molar-refractivity contribution in [3.63, 3.8) is 0 Å². The highest BCUT2D eigenvalue weighted by Crippen LogP contribution is 2.34. The van der Waals surface area contributed by atoms with E-state index in [9.17, 15) is 18.0 Å². The van der Waals surface area contributed by atoms with E-state index < -0.39 is 11.7 Å². The van der Waals surface area contributed by atoms with E-state index in [0.29, 0.717) is 6.42 Å². The molecule has 5 nitrogen and oxygen atoms in total. The molecule has 2 aliphatic heterocycles. The van der Waals surface area contributed by atoms with Crippen molar-refractivity contribution in [1.82, 2.24) is 4.90 Å². The van der Waals surface area contributed by atoms with E-state index in [4.69, 9.17) is 0 Å². The average molecular weight is 430 g/mol. The predicted molar refractivity (Wildman–Crippen MR) is 115 cm³/mol. The fraction of sp³-hybridized carbons (Fsp3) is 0.478. The van der Waals surface area contributed by atoms with E-state index in [1.807, 2.05) is 13.1 Å². The van der Waals surface area contributed by atoms with E-state index >= 15 is 0 Å². The summed E-state index contributed by atoms with van der Waals surface area (Å²) in [4.78, 5) is 18.8. The monoisotopic (exact) mass is 430 g/mol. The number of alkyl halides is 3. The first-order valence-corrected chi connectivity index (χ1v) is 10.5. The van der Waals surface area contributed by atoms with Gasteiger partial charge < -0.3 is 4.90 Å². The lowest BCUT2D eigenvalue weighted by atomic mass is 9.80. The molecule has 1 aromatic carbocycles. The highest BCUT2D eigenvalue weighted by atomic mass is 19.4. The van der Waals surface area contributed by atoms with Gasteiger partial charge in [0.2, 0.25) is 0 Å². The number of nitrogens with zero attached hydrogens (tertiary/aromatic N) is 4. The van der Waals surface area contributed by atoms with Crippen LogP contribution in [0.3, 0.4) is 0 Å². The van der Waals surface area contributed by atoms with Gasteiger partial charge in [-0.05, 0) is 44.4 Å². The summed E-state index contributed by atoms with van der Waals surface area (Å²) in [6, 6.07) is 4.59. The summed E-state index contributed by atoms with van der Waals surface area (Å²) in [5, 5.41) is 8.83. The Kier molecular flexibility index (Phi) is 5.81. The Bertz CT molecular complexity index is 1010. The third-order valence-electron chi connectivity index (χ3n) is 6.44. The Balaban J connectivity index is 1.41. The molecule has 4 rings (SSSR count). The number of hydrogen-bond acceptors (Lipinski definition) is 4. The second-order valence-corrected chi connectivity index (χ2v) is 8.41. The van der Waals surface area contributed by atoms with Gasteiger partial charge in [-0.1, -0.05) is 12.5 Å². The molecule has 0 spiro atoms. The Morgan fingerprint density at radius 3 is 2.71 bits per heavy atom. The zero-order valence-electron chi connectivity index (χ0n) is 17.6. The normalized spacial score (nSPS) is 23.8. The van der Waals surface area contributed by atoms with Crippen molar-refractivity contribution in [2.45, 2.75) is 57.7 Å². The van der Waals surface area contributed by atoms with Crippen molar-refractivity contribution in [1.29, 1.82) is 0 Å². The number of aliphatic imine (C=N–C) groups is 1. The van der Waals surface area contributed by atoms with Crippen molar-refractivity contribution < 1.29 is 18.0 Å². The molecule has 1 amide bonds. The van der Waals surface area contributed by atoms with E-state index in [-0.39, 0.29) is 23.4 Å². The van der Waals surface area contributed by atoms with E-state index in [2.05, 4.69) is 15.2 Å². The first-order valence-electron chi connectivity index (χ1n) is 10.5. The molecule has 3 aliphatic rings. The van der Waals surface area contributed by atoms with Crippen LogP contribution in [0.5, 0.6) is 0 Å². The number of carbonyl (C=O) groups is 1. The van der Waals surface area contributed by atoms with Gasteiger partial charge in [0.15, 0.2) is 0 Å². The molecule has 8 heteroatoms. The van der Waals surface area contributed by atoms with E-state index in [1.165, 1.54) is 12.1 Å². The van der Waals surface area contributed by atoms with Crippen LogP contribution in [0.1, 0.15) is 61.4 Å². The largest absolute Gasteiger partial charge is 0.416 e. The maximum Gasteiger partial charge on any atom is 0.416 e. The molecular formula is C23H25F3N4O. The van der Waals surface area contributed by atoms with Crippen LogP contribution in [0.15, 0.2) is 50.7 Å². The third-order valence-corrected chi connectivity index (χ3v) is 6.44. The first kappa shape index (κ1) is 21.5. The fourth-order valence-corrected chi connectivity index (χ4v) is 4.60. The van der Waals surface area contributed by atoms with Crippen molar-refractivity contribution in [2.75, 3.05) is 7.05 Å². The summed E-state index contributed by atoms with van der Waals surface area (Å²) in [5.41, 5.74) is 3.39. The number of halogens is 3. The maximum atomic E-state index is 13.0. The molecule has 0 bridgehead atoms. The molecule has 0 N–H and O–H groups in total. The molecule has 0 unspecified atom stereocenters. The number of hydrogen-bond donors (Lipinski definition) is 0. The third kappa shape index (κ3) is 4.48. The van der Waals surface area contributed by atoms with Gasteiger partial charge in [0.05, 0.1) is 11.3 Å². The topological polar surface area (TPSA) is 57.4 Å². The molecular weight excluding hydrogens is 405 g/mol. The fourth-order valence-electron chi connectivity index (χ4n) is 4.60. The van der Waals surface area contributed by atoms with Crippen molar-refractivity contribution in [3.8, 4) is 0 Å². The van der Waals surface area contributed by atoms with Crippen LogP contribution in [-0.2, 0) is 6.18 Å². The molecule has 2 atom stereocenters. The van der Waals surface area contributed by atoms with Gasteiger partial charge in [0.25, 0.3) is 5.91 Å². The van der Waals surface area contributed by atoms with Crippen LogP contribution >= 0.6 is 0 Å². The van der Waals surface area contributed by atoms with Crippen LogP contribution in [0.2, 0.25) is 0 Å². The standard InChI is InChI=1S/C23H25F3N4O/c1-14-19(9-10-27-14)21-13-20(28-29-21)15-5-4-8-18(12-15)30(2)22(31)16-6-3-7-17(11-16)23(24,25)26/h3,6-7,10-11,15,18H,4-5,8-9,12-13H2,1-2H3/t15-,18+/m0/s1. The summed E-state index contributed by atoms with van der Waals surface area (Å²) in [5.74, 6) is -0.161. The van der Waals surface area contributed by atoms with E-state index in [0.717, 1.165) is 66.9 Å². The Hall–Kier alpha value is -2.77. The van der Waals surface area contributed by atoms with Crippen LogP contribution in [-0.4, -0.2) is 41.5 Å². The molecule has 31 heavy (non-hydrogen) atoms. The van der Waals surface area contributed by atoms with Crippen molar-refractivity contribution in [2.24, 2.45) is 21.1 Å². The Labute approximate surface area is 179 Å². The van der Waals surface area contributed by atoms with Gasteiger partial charge in [-0.15, -0.1) is 0 Å². The van der Waals surface area contributed by atoms with Gasteiger partial charge in [0.1, 0.15) is 0 Å².